The maximum atomic E-state index is 12.1. The molecule has 0 spiro atoms. The van der Waals surface area contributed by atoms with Crippen LogP contribution in [-0.4, -0.2) is 16.5 Å². The Balaban J connectivity index is 2.51. The van der Waals surface area contributed by atoms with Crippen molar-refractivity contribution >= 4 is 5.78 Å². The van der Waals surface area contributed by atoms with Gasteiger partial charge in [0.2, 0.25) is 0 Å². The van der Waals surface area contributed by atoms with Crippen LogP contribution in [0, 0.1) is 11.8 Å². The van der Waals surface area contributed by atoms with Crippen LogP contribution in [-0.2, 0) is 4.79 Å². The Morgan fingerprint density at radius 2 is 2.06 bits per heavy atom. The number of hydrogen-bond acceptors (Lipinski definition) is 2. The predicted molar refractivity (Wildman–Crippen MR) is 68.6 cm³/mol. The molecule has 0 heterocycles. The lowest BCUT2D eigenvalue weighted by Crippen LogP contribution is -2.39. The summed E-state index contributed by atoms with van der Waals surface area (Å²) in [6, 6.07) is 0. The summed E-state index contributed by atoms with van der Waals surface area (Å²) in [5, 5.41) is 10.9. The van der Waals surface area contributed by atoms with Gasteiger partial charge >= 0.3 is 0 Å². The van der Waals surface area contributed by atoms with Crippen LogP contribution in [0.3, 0.4) is 0 Å². The van der Waals surface area contributed by atoms with Gasteiger partial charge in [0.25, 0.3) is 0 Å². The zero-order valence-electron chi connectivity index (χ0n) is 11.2. The Bertz CT molecular complexity index is 413. The Hall–Kier alpha value is -0.890. The minimum absolute atomic E-state index is 0.0949. The lowest BCUT2D eigenvalue weighted by Gasteiger charge is -2.33. The standard InChI is InChI=1S/C15H22O2/c1-9(2)12-8-15(17)11(4)5-6-13(15)10(3)7-14(12)16/h7,11,13,17H,5-6,8H2,1-4H3/t11-,13+,15-/m1/s1. The topological polar surface area (TPSA) is 37.3 Å². The highest BCUT2D eigenvalue weighted by molar-refractivity contribution is 6.05. The summed E-state index contributed by atoms with van der Waals surface area (Å²) in [6.07, 6.45) is 4.32. The Kier molecular flexibility index (Phi) is 3.03. The van der Waals surface area contributed by atoms with Gasteiger partial charge in [-0.3, -0.25) is 4.79 Å². The Morgan fingerprint density at radius 1 is 1.41 bits per heavy atom. The van der Waals surface area contributed by atoms with Crippen molar-refractivity contribution in [2.45, 2.75) is 52.6 Å². The van der Waals surface area contributed by atoms with Crippen LogP contribution in [0.5, 0.6) is 0 Å². The lowest BCUT2D eigenvalue weighted by molar-refractivity contribution is -0.112. The molecular formula is C15H22O2. The van der Waals surface area contributed by atoms with Gasteiger partial charge in [-0.25, -0.2) is 0 Å². The summed E-state index contributed by atoms with van der Waals surface area (Å²) in [7, 11) is 0. The van der Waals surface area contributed by atoms with E-state index in [4.69, 9.17) is 0 Å². The molecule has 1 fully saturated rings. The molecule has 2 heteroatoms. The van der Waals surface area contributed by atoms with E-state index in [-0.39, 0.29) is 17.6 Å². The van der Waals surface area contributed by atoms with Crippen molar-refractivity contribution in [1.29, 1.82) is 0 Å². The maximum absolute atomic E-state index is 12.1. The fourth-order valence-corrected chi connectivity index (χ4v) is 3.37. The molecule has 0 bridgehead atoms. The lowest BCUT2D eigenvalue weighted by atomic mass is 9.78. The average molecular weight is 234 g/mol. The molecule has 94 valence electrons. The summed E-state index contributed by atoms with van der Waals surface area (Å²) < 4.78 is 0. The molecular weight excluding hydrogens is 212 g/mol. The summed E-state index contributed by atoms with van der Waals surface area (Å²) in [5.74, 6) is 0.534. The molecule has 0 aromatic heterocycles. The number of fused-ring (bicyclic) bond motifs is 1. The van der Waals surface area contributed by atoms with Crippen molar-refractivity contribution < 1.29 is 9.90 Å². The molecule has 0 aliphatic heterocycles. The highest BCUT2D eigenvalue weighted by Gasteiger charge is 2.49. The number of carbonyl (C=O) groups excluding carboxylic acids is 1. The fraction of sp³-hybridized carbons (Fsp3) is 0.667. The third-order valence-electron chi connectivity index (χ3n) is 4.61. The molecule has 1 saturated carbocycles. The van der Waals surface area contributed by atoms with Crippen molar-refractivity contribution in [3.8, 4) is 0 Å². The quantitative estimate of drug-likeness (QED) is 0.654. The minimum Gasteiger partial charge on any atom is -0.389 e. The molecule has 0 aromatic rings. The summed E-state index contributed by atoms with van der Waals surface area (Å²) in [5.41, 5.74) is 2.19. The zero-order valence-corrected chi connectivity index (χ0v) is 11.2. The van der Waals surface area contributed by atoms with E-state index in [1.807, 2.05) is 20.8 Å². The van der Waals surface area contributed by atoms with Gasteiger partial charge in [0.05, 0.1) is 5.60 Å². The SMILES string of the molecule is CC1=CC(=O)C(=C(C)C)C[C@@]2(O)[C@H](C)CC[C@@H]12. The van der Waals surface area contributed by atoms with Crippen molar-refractivity contribution in [1.82, 2.24) is 0 Å². The summed E-state index contributed by atoms with van der Waals surface area (Å²) >= 11 is 0. The zero-order chi connectivity index (χ0) is 12.8. The second-order valence-corrected chi connectivity index (χ2v) is 5.93. The molecule has 0 amide bonds. The van der Waals surface area contributed by atoms with Gasteiger partial charge < -0.3 is 5.11 Å². The van der Waals surface area contributed by atoms with Crippen LogP contribution in [0.2, 0.25) is 0 Å². The normalized spacial score (nSPS) is 37.6. The third-order valence-corrected chi connectivity index (χ3v) is 4.61. The summed E-state index contributed by atoms with van der Waals surface area (Å²) in [4.78, 5) is 12.1. The first-order valence-electron chi connectivity index (χ1n) is 6.47. The number of ketones is 1. The van der Waals surface area contributed by atoms with Crippen LogP contribution in [0.25, 0.3) is 0 Å². The first-order valence-corrected chi connectivity index (χ1v) is 6.47. The number of hydrogen-bond donors (Lipinski definition) is 1. The fourth-order valence-electron chi connectivity index (χ4n) is 3.37. The van der Waals surface area contributed by atoms with E-state index in [9.17, 15) is 9.90 Å². The van der Waals surface area contributed by atoms with Crippen molar-refractivity contribution in [3.05, 3.63) is 22.8 Å². The number of allylic oxidation sites excluding steroid dienone is 2. The molecule has 2 rings (SSSR count). The van der Waals surface area contributed by atoms with E-state index < -0.39 is 5.60 Å². The van der Waals surface area contributed by atoms with E-state index in [0.717, 1.165) is 29.6 Å². The minimum atomic E-state index is -0.709. The van der Waals surface area contributed by atoms with Gasteiger partial charge in [-0.2, -0.15) is 0 Å². The molecule has 0 aromatic carbocycles. The Labute approximate surface area is 103 Å². The first-order chi connectivity index (χ1) is 7.86. The smallest absolute Gasteiger partial charge is 0.181 e. The molecule has 3 atom stereocenters. The van der Waals surface area contributed by atoms with E-state index in [1.165, 1.54) is 0 Å². The number of rotatable bonds is 0. The number of carbonyl (C=O) groups is 1. The molecule has 17 heavy (non-hydrogen) atoms. The van der Waals surface area contributed by atoms with Gasteiger partial charge in [0.15, 0.2) is 5.78 Å². The Morgan fingerprint density at radius 3 is 2.65 bits per heavy atom. The first kappa shape index (κ1) is 12.6. The summed E-state index contributed by atoms with van der Waals surface area (Å²) in [6.45, 7) is 8.00. The van der Waals surface area contributed by atoms with Gasteiger partial charge in [-0.05, 0) is 45.6 Å². The molecule has 0 radical (unpaired) electrons. The second-order valence-electron chi connectivity index (χ2n) is 5.93. The molecule has 0 unspecified atom stereocenters. The maximum Gasteiger partial charge on any atom is 0.181 e. The van der Waals surface area contributed by atoms with Crippen molar-refractivity contribution in [3.63, 3.8) is 0 Å². The van der Waals surface area contributed by atoms with Crippen LogP contribution >= 0.6 is 0 Å². The molecule has 2 aliphatic rings. The average Bonchev–Trinajstić information content (AvgIpc) is 2.46. The molecule has 1 N–H and O–H groups in total. The van der Waals surface area contributed by atoms with Crippen molar-refractivity contribution in [2.24, 2.45) is 11.8 Å². The third kappa shape index (κ3) is 1.89. The second kappa shape index (κ2) is 4.09. The largest absolute Gasteiger partial charge is 0.389 e. The van der Waals surface area contributed by atoms with Gasteiger partial charge in [0, 0.05) is 17.9 Å². The highest BCUT2D eigenvalue weighted by Crippen LogP contribution is 2.49. The van der Waals surface area contributed by atoms with Gasteiger partial charge in [-0.15, -0.1) is 0 Å². The molecule has 2 nitrogen and oxygen atoms in total. The number of aliphatic hydroxyl groups is 1. The highest BCUT2D eigenvalue weighted by atomic mass is 16.3. The predicted octanol–water partition coefficient (Wildman–Crippen LogP) is 3.02. The van der Waals surface area contributed by atoms with Crippen LogP contribution in [0.1, 0.15) is 47.0 Å². The van der Waals surface area contributed by atoms with E-state index in [2.05, 4.69) is 6.92 Å². The van der Waals surface area contributed by atoms with Gasteiger partial charge in [-0.1, -0.05) is 18.1 Å². The van der Waals surface area contributed by atoms with Crippen LogP contribution < -0.4 is 0 Å². The molecule has 2 aliphatic carbocycles. The van der Waals surface area contributed by atoms with Crippen LogP contribution in [0.4, 0.5) is 0 Å². The van der Waals surface area contributed by atoms with E-state index in [1.54, 1.807) is 6.08 Å². The van der Waals surface area contributed by atoms with Gasteiger partial charge in [0.1, 0.15) is 0 Å². The van der Waals surface area contributed by atoms with Crippen LogP contribution in [0.15, 0.2) is 22.8 Å². The van der Waals surface area contributed by atoms with E-state index >= 15 is 0 Å². The van der Waals surface area contributed by atoms with E-state index in [0.29, 0.717) is 6.42 Å². The monoisotopic (exact) mass is 234 g/mol. The van der Waals surface area contributed by atoms with Crippen molar-refractivity contribution in [2.75, 3.05) is 0 Å². The molecule has 0 saturated heterocycles.